The number of hydrogen-bond donors (Lipinski definition) is 3. The van der Waals surface area contributed by atoms with E-state index in [9.17, 15) is 31.1 Å². The van der Waals surface area contributed by atoms with Crippen molar-refractivity contribution in [3.63, 3.8) is 0 Å². The molecule has 11 nitrogen and oxygen atoms in total. The first-order valence-electron chi connectivity index (χ1n) is 11.5. The number of pyridine rings is 1. The molecule has 2 aliphatic rings. The lowest BCUT2D eigenvalue weighted by atomic mass is 9.83. The predicted molar refractivity (Wildman–Crippen MR) is 124 cm³/mol. The second kappa shape index (κ2) is 13.4. The highest BCUT2D eigenvalue weighted by molar-refractivity contribution is 5.93. The van der Waals surface area contributed by atoms with Crippen molar-refractivity contribution in [2.24, 2.45) is 5.92 Å². The van der Waals surface area contributed by atoms with Crippen LogP contribution in [0.3, 0.4) is 0 Å². The van der Waals surface area contributed by atoms with Crippen molar-refractivity contribution in [2.75, 3.05) is 31.1 Å². The summed E-state index contributed by atoms with van der Waals surface area (Å²) in [6, 6.07) is 7.53. The van der Waals surface area contributed by atoms with Crippen LogP contribution in [-0.4, -0.2) is 87.4 Å². The van der Waals surface area contributed by atoms with Crippen LogP contribution in [-0.2, 0) is 14.3 Å². The molecule has 3 N–H and O–H groups in total. The van der Waals surface area contributed by atoms with Gasteiger partial charge in [0.1, 0.15) is 5.60 Å². The molecule has 1 amide bonds. The quantitative estimate of drug-likeness (QED) is 0.459. The summed E-state index contributed by atoms with van der Waals surface area (Å²) < 4.78 is 69.6. The Labute approximate surface area is 223 Å². The van der Waals surface area contributed by atoms with Gasteiger partial charge in [0.25, 0.3) is 5.91 Å². The summed E-state index contributed by atoms with van der Waals surface area (Å²) >= 11 is 0. The van der Waals surface area contributed by atoms with E-state index < -0.39 is 24.3 Å². The fourth-order valence-electron chi connectivity index (χ4n) is 3.54. The number of carbonyl (C=O) groups is 3. The minimum atomic E-state index is -5.08. The Morgan fingerprint density at radius 1 is 1.05 bits per heavy atom. The second-order valence-electron chi connectivity index (χ2n) is 8.85. The van der Waals surface area contributed by atoms with Gasteiger partial charge in [-0.25, -0.2) is 9.59 Å². The molecule has 17 heteroatoms. The molecule has 1 atom stereocenters. The van der Waals surface area contributed by atoms with E-state index in [2.05, 4.69) is 25.4 Å². The van der Waals surface area contributed by atoms with E-state index >= 15 is 0 Å². The van der Waals surface area contributed by atoms with Crippen LogP contribution in [0.4, 0.5) is 32.2 Å². The molecule has 2 aliphatic heterocycles. The molecule has 0 radical (unpaired) electrons. The van der Waals surface area contributed by atoms with Gasteiger partial charge in [-0.1, -0.05) is 0 Å². The van der Waals surface area contributed by atoms with Crippen molar-refractivity contribution in [1.29, 1.82) is 0 Å². The predicted octanol–water partition coefficient (Wildman–Crippen LogP) is 2.86. The van der Waals surface area contributed by atoms with Gasteiger partial charge in [0.05, 0.1) is 31.0 Å². The minimum Gasteiger partial charge on any atom is -0.475 e. The number of rotatable bonds is 4. The van der Waals surface area contributed by atoms with E-state index in [1.165, 1.54) is 0 Å². The van der Waals surface area contributed by atoms with Gasteiger partial charge in [-0.15, -0.1) is 5.10 Å². The highest BCUT2D eigenvalue weighted by atomic mass is 19.4. The minimum absolute atomic E-state index is 0.0591. The number of carbonyl (C=O) groups excluding carboxylic acids is 1. The van der Waals surface area contributed by atoms with Gasteiger partial charge < -0.3 is 25.2 Å². The van der Waals surface area contributed by atoms with Crippen molar-refractivity contribution >= 4 is 23.7 Å². The van der Waals surface area contributed by atoms with Crippen molar-refractivity contribution in [1.82, 2.24) is 20.5 Å². The van der Waals surface area contributed by atoms with Gasteiger partial charge in [-0.3, -0.25) is 9.78 Å². The van der Waals surface area contributed by atoms with Crippen LogP contribution < -0.4 is 10.2 Å². The Balaban J connectivity index is 0.000000333. The molecule has 2 aromatic heterocycles. The van der Waals surface area contributed by atoms with E-state index in [1.54, 1.807) is 24.5 Å². The van der Waals surface area contributed by atoms with E-state index in [0.29, 0.717) is 24.6 Å². The average molecular weight is 581 g/mol. The molecule has 0 bridgehead atoms. The number of carboxylic acids is 2. The zero-order chi connectivity index (χ0) is 30.1. The largest absolute Gasteiger partial charge is 0.490 e. The SMILES string of the molecule is Cc1ccc(N2CC3(CCC(CNC(=O)c4cccnc4)CO3)C2)nn1.O=C(O)C(F)(F)F.O=C(O)C(F)(F)F. The summed E-state index contributed by atoms with van der Waals surface area (Å²) in [5.74, 6) is -4.32. The fraction of sp³-hybridized carbons (Fsp3) is 0.478. The Bertz CT molecular complexity index is 1110. The zero-order valence-corrected chi connectivity index (χ0v) is 20.9. The maximum absolute atomic E-state index is 12.1. The molecule has 2 aromatic rings. The number of nitrogens with zero attached hydrogens (tertiary/aromatic N) is 4. The summed E-state index contributed by atoms with van der Waals surface area (Å²) in [6.45, 7) is 4.97. The molecule has 1 unspecified atom stereocenters. The number of aromatic nitrogens is 3. The van der Waals surface area contributed by atoms with Crippen LogP contribution in [0.2, 0.25) is 0 Å². The van der Waals surface area contributed by atoms with Gasteiger partial charge in [0.2, 0.25) is 0 Å². The monoisotopic (exact) mass is 581 g/mol. The van der Waals surface area contributed by atoms with Gasteiger partial charge in [0.15, 0.2) is 5.82 Å². The summed E-state index contributed by atoms with van der Waals surface area (Å²) in [7, 11) is 0. The third-order valence-corrected chi connectivity index (χ3v) is 5.66. The number of aryl methyl sites for hydroxylation is 1. The molecule has 2 fully saturated rings. The molecule has 0 aliphatic carbocycles. The van der Waals surface area contributed by atoms with Crippen molar-refractivity contribution in [2.45, 2.75) is 37.7 Å². The number of ether oxygens (including phenoxy) is 1. The standard InChI is InChI=1S/C19H23N5O2.2C2HF3O2/c1-14-4-5-17(23-22-14)24-12-19(13-24)7-6-15(11-26-19)9-21-18(25)16-3-2-8-20-10-16;2*3-2(4,5)1(6)7/h2-5,8,10,15H,6-7,9,11-13H2,1H3,(H,21,25);2*(H,6,7). The Hall–Kier alpha value is -4.02. The van der Waals surface area contributed by atoms with Crippen LogP contribution in [0.25, 0.3) is 0 Å². The van der Waals surface area contributed by atoms with Crippen LogP contribution in [0.15, 0.2) is 36.7 Å². The molecular weight excluding hydrogens is 556 g/mol. The van der Waals surface area contributed by atoms with E-state index in [1.807, 2.05) is 19.1 Å². The number of anilines is 1. The smallest absolute Gasteiger partial charge is 0.475 e. The maximum atomic E-state index is 12.1. The summed E-state index contributed by atoms with van der Waals surface area (Å²) in [5, 5.41) is 25.6. The molecule has 0 aromatic carbocycles. The molecule has 220 valence electrons. The average Bonchev–Trinajstić information content (AvgIpc) is 2.87. The Morgan fingerprint density at radius 3 is 2.08 bits per heavy atom. The van der Waals surface area contributed by atoms with Crippen LogP contribution in [0.5, 0.6) is 0 Å². The number of hydrogen-bond acceptors (Lipinski definition) is 8. The fourth-order valence-corrected chi connectivity index (χ4v) is 3.54. The third kappa shape index (κ3) is 9.94. The summed E-state index contributed by atoms with van der Waals surface area (Å²) in [5.41, 5.74) is 1.46. The van der Waals surface area contributed by atoms with Crippen molar-refractivity contribution in [3.05, 3.63) is 47.9 Å². The molecule has 4 heterocycles. The topological polar surface area (TPSA) is 155 Å². The van der Waals surface area contributed by atoms with Gasteiger partial charge in [-0.2, -0.15) is 31.4 Å². The number of nitrogens with one attached hydrogen (secondary N) is 1. The summed E-state index contributed by atoms with van der Waals surface area (Å²) in [6.07, 6.45) is -4.86. The van der Waals surface area contributed by atoms with Crippen molar-refractivity contribution < 1.29 is 55.7 Å². The molecule has 2 saturated heterocycles. The third-order valence-electron chi connectivity index (χ3n) is 5.66. The van der Waals surface area contributed by atoms with Crippen molar-refractivity contribution in [3.8, 4) is 0 Å². The Kier molecular flexibility index (Phi) is 10.8. The lowest BCUT2D eigenvalue weighted by Gasteiger charge is -2.53. The van der Waals surface area contributed by atoms with Gasteiger partial charge in [-0.05, 0) is 49.9 Å². The van der Waals surface area contributed by atoms with Gasteiger partial charge >= 0.3 is 24.3 Å². The number of halogens is 6. The number of aliphatic carboxylic acids is 2. The van der Waals surface area contributed by atoms with Crippen LogP contribution >= 0.6 is 0 Å². The number of carboxylic acid groups (broad SMARTS) is 2. The normalized spacial score (nSPS) is 17.8. The molecule has 40 heavy (non-hydrogen) atoms. The maximum Gasteiger partial charge on any atom is 0.490 e. The Morgan fingerprint density at radius 2 is 1.65 bits per heavy atom. The lowest BCUT2D eigenvalue weighted by Crippen LogP contribution is -2.65. The van der Waals surface area contributed by atoms with Crippen LogP contribution in [0, 0.1) is 12.8 Å². The van der Waals surface area contributed by atoms with E-state index in [4.69, 9.17) is 24.5 Å². The first-order chi connectivity index (χ1) is 18.5. The highest BCUT2D eigenvalue weighted by Crippen LogP contribution is 2.37. The zero-order valence-electron chi connectivity index (χ0n) is 20.9. The second-order valence-corrected chi connectivity index (χ2v) is 8.85. The molecule has 4 rings (SSSR count). The van der Waals surface area contributed by atoms with E-state index in [-0.39, 0.29) is 11.5 Å². The molecule has 0 saturated carbocycles. The van der Waals surface area contributed by atoms with Gasteiger partial charge in [0, 0.05) is 18.9 Å². The van der Waals surface area contributed by atoms with Crippen LogP contribution in [0.1, 0.15) is 28.9 Å². The molecular formula is C23H25F6N5O6. The number of amides is 1. The number of alkyl halides is 6. The lowest BCUT2D eigenvalue weighted by molar-refractivity contribution is -0.193. The highest BCUT2D eigenvalue weighted by Gasteiger charge is 2.47. The first-order valence-corrected chi connectivity index (χ1v) is 11.5. The molecule has 1 spiro atoms. The first kappa shape index (κ1) is 32.2. The summed E-state index contributed by atoms with van der Waals surface area (Å²) in [4.78, 5) is 36.1. The van der Waals surface area contributed by atoms with E-state index in [0.717, 1.165) is 37.4 Å².